The number of rotatable bonds is 7. The molecule has 0 radical (unpaired) electrons. The maximum atomic E-state index is 12.8. The monoisotopic (exact) mass is 486 g/mol. The van der Waals surface area contributed by atoms with Crippen molar-refractivity contribution in [2.45, 2.75) is 48.9 Å². The van der Waals surface area contributed by atoms with Crippen LogP contribution in [0.5, 0.6) is 0 Å². The summed E-state index contributed by atoms with van der Waals surface area (Å²) in [6, 6.07) is 12.3. The third-order valence-corrected chi connectivity index (χ3v) is 8.46. The number of aryl methyl sites for hydroxylation is 2. The van der Waals surface area contributed by atoms with Crippen LogP contribution in [0.1, 0.15) is 30.9 Å². The molecule has 0 bridgehead atoms. The second kappa shape index (κ2) is 9.62. The van der Waals surface area contributed by atoms with Gasteiger partial charge in [-0.15, -0.1) is 5.10 Å². The minimum Gasteiger partial charge on any atom is -0.325 e. The zero-order valence-electron chi connectivity index (χ0n) is 18.7. The third-order valence-electron chi connectivity index (χ3n) is 5.51. The average molecular weight is 487 g/mol. The van der Waals surface area contributed by atoms with Crippen molar-refractivity contribution in [3.8, 4) is 5.69 Å². The molecule has 1 atom stereocenters. The minimum absolute atomic E-state index is 0.231. The van der Waals surface area contributed by atoms with Crippen LogP contribution in [-0.4, -0.2) is 57.2 Å². The van der Waals surface area contributed by atoms with Crippen molar-refractivity contribution in [3.05, 3.63) is 53.6 Å². The molecule has 174 valence electrons. The van der Waals surface area contributed by atoms with E-state index in [1.165, 1.54) is 28.2 Å². The van der Waals surface area contributed by atoms with Crippen molar-refractivity contribution >= 4 is 33.4 Å². The van der Waals surface area contributed by atoms with Crippen molar-refractivity contribution in [2.75, 3.05) is 18.4 Å². The fourth-order valence-electron chi connectivity index (χ4n) is 3.59. The van der Waals surface area contributed by atoms with Crippen molar-refractivity contribution in [1.82, 2.24) is 24.5 Å². The lowest BCUT2D eigenvalue weighted by atomic mass is 10.1. The number of nitrogens with zero attached hydrogens (tertiary/aromatic N) is 5. The number of thioether (sulfide) groups is 1. The molecule has 2 heterocycles. The number of amides is 1. The maximum Gasteiger partial charge on any atom is 0.243 e. The lowest BCUT2D eigenvalue weighted by Crippen LogP contribution is -2.27. The van der Waals surface area contributed by atoms with E-state index in [0.29, 0.717) is 23.9 Å². The van der Waals surface area contributed by atoms with Crippen LogP contribution >= 0.6 is 11.8 Å². The molecule has 3 aromatic rings. The van der Waals surface area contributed by atoms with Gasteiger partial charge in [0, 0.05) is 18.8 Å². The Morgan fingerprint density at radius 1 is 1.09 bits per heavy atom. The summed E-state index contributed by atoms with van der Waals surface area (Å²) in [4.78, 5) is 13.0. The topological polar surface area (TPSA) is 110 Å². The highest BCUT2D eigenvalue weighted by molar-refractivity contribution is 8.00. The molecule has 0 aliphatic carbocycles. The highest BCUT2D eigenvalue weighted by Gasteiger charge is 2.27. The number of carbonyl (C=O) groups excluding carboxylic acids is 1. The number of carbonyl (C=O) groups is 1. The first-order valence-electron chi connectivity index (χ1n) is 10.7. The second-order valence-electron chi connectivity index (χ2n) is 8.05. The summed E-state index contributed by atoms with van der Waals surface area (Å²) in [7, 11) is -3.48. The summed E-state index contributed by atoms with van der Waals surface area (Å²) in [5, 5.41) is 14.8. The van der Waals surface area contributed by atoms with Gasteiger partial charge in [0.1, 0.15) is 0 Å². The molecular weight excluding hydrogens is 460 g/mol. The van der Waals surface area contributed by atoms with Crippen LogP contribution in [0.3, 0.4) is 0 Å². The van der Waals surface area contributed by atoms with Gasteiger partial charge in [-0.3, -0.25) is 4.79 Å². The van der Waals surface area contributed by atoms with Gasteiger partial charge >= 0.3 is 0 Å². The number of sulfonamides is 1. The second-order valence-corrected chi connectivity index (χ2v) is 11.3. The quantitative estimate of drug-likeness (QED) is 0.511. The Kier molecular flexibility index (Phi) is 6.82. The van der Waals surface area contributed by atoms with Crippen LogP contribution < -0.4 is 5.32 Å². The molecule has 1 saturated heterocycles. The van der Waals surface area contributed by atoms with E-state index in [1.54, 1.807) is 23.7 Å². The molecule has 1 N–H and O–H groups in total. The summed E-state index contributed by atoms with van der Waals surface area (Å²) in [5.74, 6) is -0.231. The molecule has 1 aromatic heterocycles. The van der Waals surface area contributed by atoms with Crippen LogP contribution in [0.15, 0.2) is 52.5 Å². The van der Waals surface area contributed by atoms with Gasteiger partial charge in [-0.05, 0) is 85.5 Å². The summed E-state index contributed by atoms with van der Waals surface area (Å²) in [6.07, 6.45) is 1.77. The van der Waals surface area contributed by atoms with E-state index < -0.39 is 15.3 Å². The van der Waals surface area contributed by atoms with Crippen LogP contribution in [0, 0.1) is 13.8 Å². The highest BCUT2D eigenvalue weighted by Crippen LogP contribution is 2.26. The first-order chi connectivity index (χ1) is 15.8. The van der Waals surface area contributed by atoms with E-state index in [4.69, 9.17) is 0 Å². The van der Waals surface area contributed by atoms with Crippen LogP contribution in [0.2, 0.25) is 0 Å². The van der Waals surface area contributed by atoms with Gasteiger partial charge in [-0.1, -0.05) is 23.9 Å². The number of tetrazole rings is 1. The smallest absolute Gasteiger partial charge is 0.243 e. The SMILES string of the molecule is Cc1ccc(C)c(-n2nnnc2SC(C)C(=O)Nc2ccc(S(=O)(=O)N3CCCC3)cc2)c1. The van der Waals surface area contributed by atoms with E-state index in [2.05, 4.69) is 20.8 Å². The number of nitrogens with one attached hydrogen (secondary N) is 1. The van der Waals surface area contributed by atoms with Crippen LogP contribution in [-0.2, 0) is 14.8 Å². The van der Waals surface area contributed by atoms with Crippen molar-refractivity contribution < 1.29 is 13.2 Å². The predicted molar refractivity (Wildman–Crippen MR) is 127 cm³/mol. The van der Waals surface area contributed by atoms with Gasteiger partial charge in [-0.25, -0.2) is 8.42 Å². The van der Waals surface area contributed by atoms with Gasteiger partial charge in [-0.2, -0.15) is 8.99 Å². The molecule has 1 fully saturated rings. The van der Waals surface area contributed by atoms with Gasteiger partial charge in [0.15, 0.2) is 0 Å². The normalized spacial score (nSPS) is 15.5. The Bertz CT molecular complexity index is 1250. The van der Waals surface area contributed by atoms with E-state index in [1.807, 2.05) is 32.0 Å². The zero-order chi connectivity index (χ0) is 23.6. The van der Waals surface area contributed by atoms with Crippen molar-refractivity contribution in [3.63, 3.8) is 0 Å². The minimum atomic E-state index is -3.48. The largest absolute Gasteiger partial charge is 0.325 e. The van der Waals surface area contributed by atoms with Crippen molar-refractivity contribution in [2.24, 2.45) is 0 Å². The standard InChI is InChI=1S/C22H26N6O3S2/c1-15-6-7-16(2)20(14-15)28-22(24-25-26-28)32-17(3)21(29)23-18-8-10-19(11-9-18)33(30,31)27-12-4-5-13-27/h6-11,14,17H,4-5,12-13H2,1-3H3,(H,23,29). The van der Waals surface area contributed by atoms with E-state index in [9.17, 15) is 13.2 Å². The number of anilines is 1. The Hall–Kier alpha value is -2.76. The fraction of sp³-hybridized carbons (Fsp3) is 0.364. The van der Waals surface area contributed by atoms with Gasteiger partial charge in [0.05, 0.1) is 15.8 Å². The van der Waals surface area contributed by atoms with Crippen LogP contribution in [0.4, 0.5) is 5.69 Å². The molecule has 11 heteroatoms. The molecule has 9 nitrogen and oxygen atoms in total. The van der Waals surface area contributed by atoms with E-state index in [0.717, 1.165) is 29.7 Å². The highest BCUT2D eigenvalue weighted by atomic mass is 32.2. The summed E-state index contributed by atoms with van der Waals surface area (Å²) < 4.78 is 28.5. The van der Waals surface area contributed by atoms with E-state index in [-0.39, 0.29) is 10.8 Å². The van der Waals surface area contributed by atoms with Gasteiger partial charge in [0.25, 0.3) is 0 Å². The van der Waals surface area contributed by atoms with Crippen molar-refractivity contribution in [1.29, 1.82) is 0 Å². The fourth-order valence-corrected chi connectivity index (χ4v) is 5.91. The molecule has 1 aliphatic heterocycles. The average Bonchev–Trinajstić information content (AvgIpc) is 3.48. The number of hydrogen-bond donors (Lipinski definition) is 1. The maximum absolute atomic E-state index is 12.8. The third kappa shape index (κ3) is 5.10. The number of hydrogen-bond acceptors (Lipinski definition) is 7. The lowest BCUT2D eigenvalue weighted by molar-refractivity contribution is -0.115. The van der Waals surface area contributed by atoms with Gasteiger partial charge < -0.3 is 5.32 Å². The Morgan fingerprint density at radius 3 is 2.48 bits per heavy atom. The molecule has 4 rings (SSSR count). The lowest BCUT2D eigenvalue weighted by Gasteiger charge is -2.16. The predicted octanol–water partition coefficient (Wildman–Crippen LogP) is 3.18. The summed E-state index contributed by atoms with van der Waals surface area (Å²) in [5.41, 5.74) is 3.51. The molecule has 0 saturated carbocycles. The summed E-state index contributed by atoms with van der Waals surface area (Å²) in [6.45, 7) is 6.86. The number of aromatic nitrogens is 4. The first-order valence-corrected chi connectivity index (χ1v) is 13.0. The summed E-state index contributed by atoms with van der Waals surface area (Å²) >= 11 is 1.25. The Morgan fingerprint density at radius 2 is 1.79 bits per heavy atom. The molecule has 1 amide bonds. The Balaban J connectivity index is 1.43. The Labute approximate surface area is 197 Å². The van der Waals surface area contributed by atoms with E-state index >= 15 is 0 Å². The zero-order valence-corrected chi connectivity index (χ0v) is 20.4. The molecule has 0 spiro atoms. The molecule has 2 aromatic carbocycles. The van der Waals surface area contributed by atoms with Crippen LogP contribution in [0.25, 0.3) is 5.69 Å². The molecule has 33 heavy (non-hydrogen) atoms. The number of benzene rings is 2. The first kappa shape index (κ1) is 23.4. The molecular formula is C22H26N6O3S2. The molecule has 1 aliphatic rings. The van der Waals surface area contributed by atoms with Gasteiger partial charge in [0.2, 0.25) is 21.1 Å². The molecule has 1 unspecified atom stereocenters.